The lowest BCUT2D eigenvalue weighted by atomic mass is 9.95. The molecule has 1 aliphatic heterocycles. The molecule has 0 N–H and O–H groups in total. The highest BCUT2D eigenvalue weighted by molar-refractivity contribution is 6.35. The first-order valence-electron chi connectivity index (χ1n) is 13.3. The third-order valence-electron chi connectivity index (χ3n) is 7.74. The third kappa shape index (κ3) is 4.16. The van der Waals surface area contributed by atoms with Crippen molar-refractivity contribution in [1.82, 2.24) is 4.57 Å². The summed E-state index contributed by atoms with van der Waals surface area (Å²) in [5.41, 5.74) is -0.939. The summed E-state index contributed by atoms with van der Waals surface area (Å²) in [6.45, 7) is 0. The number of carbonyl (C=O) groups excluding carboxylic acids is 2. The molecule has 0 spiro atoms. The fourth-order valence-corrected chi connectivity index (χ4v) is 5.90. The van der Waals surface area contributed by atoms with Gasteiger partial charge in [-0.3, -0.25) is 9.59 Å². The number of rotatable bonds is 3. The molecule has 2 amide bonds. The van der Waals surface area contributed by atoms with Gasteiger partial charge in [-0.1, -0.05) is 54.6 Å². The average molecular weight is 601 g/mol. The number of alkyl halides is 6. The summed E-state index contributed by atoms with van der Waals surface area (Å²) in [7, 11) is 0. The van der Waals surface area contributed by atoms with Gasteiger partial charge in [-0.2, -0.15) is 26.3 Å². The number of nitrogens with zero attached hydrogens (tertiary/aromatic N) is 2. The smallest absolute Gasteiger partial charge is 0.308 e. The number of fused-ring (bicyclic) bond motifs is 4. The maximum absolute atomic E-state index is 13.8. The van der Waals surface area contributed by atoms with Crippen LogP contribution in [0.1, 0.15) is 31.8 Å². The van der Waals surface area contributed by atoms with E-state index in [4.69, 9.17) is 0 Å². The quantitative estimate of drug-likeness (QED) is 0.150. The van der Waals surface area contributed by atoms with Crippen LogP contribution in [0.25, 0.3) is 38.6 Å². The SMILES string of the molecule is O=C1c2cccc(-n3c4ccccc4c4c(-c5cc(C(F)(F)F)cc(C(F)(F)F)c5)cccc43)c2C(=O)N1c1ccccc1. The molecule has 0 fully saturated rings. The summed E-state index contributed by atoms with van der Waals surface area (Å²) in [5, 5.41) is 0.934. The van der Waals surface area contributed by atoms with E-state index in [1.807, 2.05) is 0 Å². The highest BCUT2D eigenvalue weighted by atomic mass is 19.4. The topological polar surface area (TPSA) is 42.3 Å². The molecule has 4 nitrogen and oxygen atoms in total. The fourth-order valence-electron chi connectivity index (χ4n) is 5.90. The highest BCUT2D eigenvalue weighted by Crippen LogP contribution is 2.44. The van der Waals surface area contributed by atoms with Crippen LogP contribution < -0.4 is 4.90 Å². The lowest BCUT2D eigenvalue weighted by molar-refractivity contribution is -0.143. The largest absolute Gasteiger partial charge is 0.416 e. The van der Waals surface area contributed by atoms with Gasteiger partial charge >= 0.3 is 12.4 Å². The Kier molecular flexibility index (Phi) is 5.97. The lowest BCUT2D eigenvalue weighted by Gasteiger charge is -2.15. The van der Waals surface area contributed by atoms with Crippen LogP contribution in [0.3, 0.4) is 0 Å². The number of halogens is 6. The lowest BCUT2D eigenvalue weighted by Crippen LogP contribution is -2.29. The van der Waals surface area contributed by atoms with Gasteiger partial charge in [0, 0.05) is 10.8 Å². The van der Waals surface area contributed by atoms with E-state index < -0.39 is 35.3 Å². The second kappa shape index (κ2) is 9.57. The maximum Gasteiger partial charge on any atom is 0.416 e. The molecular weight excluding hydrogens is 582 g/mol. The summed E-state index contributed by atoms with van der Waals surface area (Å²) in [6, 6.07) is 26.3. The standard InChI is InChI=1S/C34H18F6N2O2/c35-33(36,37)20-16-19(17-21(18-20)34(38,39)40)23-11-6-14-27-29(23)24-10-4-5-13-26(24)42(27)28-15-7-12-25-30(28)32(44)41(31(25)43)22-8-2-1-3-9-22/h1-18H. The molecule has 1 aromatic heterocycles. The van der Waals surface area contributed by atoms with Gasteiger partial charge in [0.05, 0.1) is 44.7 Å². The molecule has 0 saturated heterocycles. The molecule has 5 aromatic carbocycles. The maximum atomic E-state index is 13.8. The van der Waals surface area contributed by atoms with Crippen molar-refractivity contribution in [2.75, 3.05) is 4.90 Å². The first-order valence-corrected chi connectivity index (χ1v) is 13.3. The Hall–Kier alpha value is -5.38. The minimum atomic E-state index is -5.01. The van der Waals surface area contributed by atoms with E-state index in [0.29, 0.717) is 45.3 Å². The highest BCUT2D eigenvalue weighted by Gasteiger charge is 2.40. The Morgan fingerprint density at radius 1 is 0.545 bits per heavy atom. The van der Waals surface area contributed by atoms with E-state index in [9.17, 15) is 35.9 Å². The van der Waals surface area contributed by atoms with Crippen molar-refractivity contribution in [1.29, 1.82) is 0 Å². The van der Waals surface area contributed by atoms with Gasteiger partial charge in [0.2, 0.25) is 0 Å². The van der Waals surface area contributed by atoms with Gasteiger partial charge in [0.15, 0.2) is 0 Å². The molecule has 0 radical (unpaired) electrons. The van der Waals surface area contributed by atoms with Gasteiger partial charge in [-0.15, -0.1) is 0 Å². The number of imide groups is 1. The molecule has 0 bridgehead atoms. The Morgan fingerprint density at radius 2 is 1.14 bits per heavy atom. The molecule has 1 aliphatic rings. The summed E-state index contributed by atoms with van der Waals surface area (Å²) in [5.74, 6) is -1.07. The fraction of sp³-hybridized carbons (Fsp3) is 0.0588. The van der Waals surface area contributed by atoms with Gasteiger partial charge < -0.3 is 4.57 Å². The zero-order valence-electron chi connectivity index (χ0n) is 22.4. The van der Waals surface area contributed by atoms with E-state index >= 15 is 0 Å². The predicted molar refractivity (Wildman–Crippen MR) is 154 cm³/mol. The number of amides is 2. The molecule has 0 saturated carbocycles. The van der Waals surface area contributed by atoms with Crippen molar-refractivity contribution < 1.29 is 35.9 Å². The second-order valence-corrected chi connectivity index (χ2v) is 10.3. The van der Waals surface area contributed by atoms with Crippen LogP contribution >= 0.6 is 0 Å². The molecular formula is C34H18F6N2O2. The van der Waals surface area contributed by atoms with Crippen molar-refractivity contribution in [2.45, 2.75) is 12.4 Å². The van der Waals surface area contributed by atoms with Crippen molar-refractivity contribution in [2.24, 2.45) is 0 Å². The van der Waals surface area contributed by atoms with E-state index in [-0.39, 0.29) is 28.3 Å². The van der Waals surface area contributed by atoms with Gasteiger partial charge in [0.1, 0.15) is 0 Å². The van der Waals surface area contributed by atoms with Crippen LogP contribution in [0.4, 0.5) is 32.0 Å². The van der Waals surface area contributed by atoms with Crippen LogP contribution in [0.15, 0.2) is 109 Å². The molecule has 6 aromatic rings. The first kappa shape index (κ1) is 27.5. The van der Waals surface area contributed by atoms with E-state index in [0.717, 1.165) is 4.90 Å². The van der Waals surface area contributed by atoms with Crippen LogP contribution in [0.5, 0.6) is 0 Å². The summed E-state index contributed by atoms with van der Waals surface area (Å²) in [4.78, 5) is 28.3. The summed E-state index contributed by atoms with van der Waals surface area (Å²) in [6.07, 6.45) is -10.0. The monoisotopic (exact) mass is 600 g/mol. The molecule has 0 aliphatic carbocycles. The summed E-state index contributed by atoms with van der Waals surface area (Å²) >= 11 is 0. The van der Waals surface area contributed by atoms with Crippen molar-refractivity contribution in [3.05, 3.63) is 131 Å². The molecule has 7 rings (SSSR count). The Morgan fingerprint density at radius 3 is 1.82 bits per heavy atom. The Bertz CT molecular complexity index is 2110. The van der Waals surface area contributed by atoms with Gasteiger partial charge in [-0.05, 0) is 65.7 Å². The number of hydrogen-bond donors (Lipinski definition) is 0. The zero-order valence-corrected chi connectivity index (χ0v) is 22.4. The molecule has 0 unspecified atom stereocenters. The molecule has 2 heterocycles. The van der Waals surface area contributed by atoms with Crippen LogP contribution in [-0.2, 0) is 12.4 Å². The third-order valence-corrected chi connectivity index (χ3v) is 7.74. The number of aromatic nitrogens is 1. The van der Waals surface area contributed by atoms with Crippen LogP contribution in [0.2, 0.25) is 0 Å². The second-order valence-electron chi connectivity index (χ2n) is 10.3. The first-order chi connectivity index (χ1) is 20.9. The van der Waals surface area contributed by atoms with Crippen LogP contribution in [0, 0.1) is 0 Å². The average Bonchev–Trinajstić information content (AvgIpc) is 3.47. The van der Waals surface area contributed by atoms with Crippen LogP contribution in [-0.4, -0.2) is 16.4 Å². The van der Waals surface area contributed by atoms with Crippen molar-refractivity contribution in [3.8, 4) is 16.8 Å². The molecule has 44 heavy (non-hydrogen) atoms. The number of benzene rings is 5. The number of anilines is 1. The van der Waals surface area contributed by atoms with Crippen molar-refractivity contribution >= 4 is 39.3 Å². The van der Waals surface area contributed by atoms with Crippen molar-refractivity contribution in [3.63, 3.8) is 0 Å². The summed E-state index contributed by atoms with van der Waals surface area (Å²) < 4.78 is 84.3. The minimum absolute atomic E-state index is 0.0985. The van der Waals surface area contributed by atoms with E-state index in [1.54, 1.807) is 83.4 Å². The number of para-hydroxylation sites is 2. The van der Waals surface area contributed by atoms with Gasteiger partial charge in [0.25, 0.3) is 11.8 Å². The number of hydrogen-bond acceptors (Lipinski definition) is 2. The molecule has 218 valence electrons. The minimum Gasteiger partial charge on any atom is -0.308 e. The number of carbonyl (C=O) groups is 2. The van der Waals surface area contributed by atoms with E-state index in [2.05, 4.69) is 0 Å². The Balaban J connectivity index is 1.51. The zero-order chi connectivity index (χ0) is 31.0. The Labute approximate surface area is 245 Å². The van der Waals surface area contributed by atoms with Gasteiger partial charge in [-0.25, -0.2) is 4.90 Å². The van der Waals surface area contributed by atoms with E-state index in [1.165, 1.54) is 12.1 Å². The molecule has 0 atom stereocenters. The normalized spacial score (nSPS) is 13.7. The predicted octanol–water partition coefficient (Wildman–Crippen LogP) is 9.29. The molecule has 10 heteroatoms.